The topological polar surface area (TPSA) is 68.6 Å². The number of aromatic nitrogens is 2. The monoisotopic (exact) mass is 310 g/mol. The number of aryl methyl sites for hydroxylation is 2. The van der Waals surface area contributed by atoms with Crippen molar-refractivity contribution in [2.24, 2.45) is 7.05 Å². The maximum absolute atomic E-state index is 12.3. The highest BCUT2D eigenvalue weighted by atomic mass is 16.6. The second kappa shape index (κ2) is 6.16. The molecule has 7 heteroatoms. The molecule has 1 amide bonds. The number of methoxy groups -OCH3 is 1. The third-order valence-electron chi connectivity index (χ3n) is 3.58. The molecule has 0 aliphatic carbocycles. The van der Waals surface area contributed by atoms with E-state index in [4.69, 9.17) is 9.47 Å². The van der Waals surface area contributed by atoms with Crippen molar-refractivity contribution in [3.05, 3.63) is 11.3 Å². The standard InChI is InChI=1S/C15H26N4O3/c1-10-12(13(21-6)18(5)17-10)11-9-19(8-7-16-11)14(20)22-15(2,3)4/h11,16H,7-9H2,1-6H3. The Bertz CT molecular complexity index is 548. The van der Waals surface area contributed by atoms with E-state index >= 15 is 0 Å². The minimum atomic E-state index is -0.487. The summed E-state index contributed by atoms with van der Waals surface area (Å²) >= 11 is 0. The molecule has 0 spiro atoms. The van der Waals surface area contributed by atoms with E-state index in [9.17, 15) is 4.79 Å². The van der Waals surface area contributed by atoms with Crippen molar-refractivity contribution in [3.8, 4) is 5.88 Å². The van der Waals surface area contributed by atoms with Gasteiger partial charge in [-0.25, -0.2) is 9.48 Å². The molecule has 0 radical (unpaired) electrons. The van der Waals surface area contributed by atoms with Crippen LogP contribution in [0.15, 0.2) is 0 Å². The average molecular weight is 310 g/mol. The summed E-state index contributed by atoms with van der Waals surface area (Å²) in [7, 11) is 3.48. The Labute approximate surface area is 131 Å². The molecule has 0 saturated carbocycles. The van der Waals surface area contributed by atoms with E-state index in [1.54, 1.807) is 16.7 Å². The zero-order valence-electron chi connectivity index (χ0n) is 14.3. The smallest absolute Gasteiger partial charge is 0.410 e. The molecule has 2 heterocycles. The summed E-state index contributed by atoms with van der Waals surface area (Å²) in [6, 6.07) is -0.00933. The van der Waals surface area contributed by atoms with Crippen molar-refractivity contribution in [2.75, 3.05) is 26.7 Å². The zero-order chi connectivity index (χ0) is 16.5. The SMILES string of the molecule is COc1c(C2CN(C(=O)OC(C)(C)C)CCN2)c(C)nn1C. The molecule has 1 fully saturated rings. The van der Waals surface area contributed by atoms with Gasteiger partial charge in [-0.15, -0.1) is 0 Å². The molecule has 124 valence electrons. The molecule has 1 aliphatic heterocycles. The van der Waals surface area contributed by atoms with E-state index in [-0.39, 0.29) is 12.1 Å². The van der Waals surface area contributed by atoms with Crippen LogP contribution in [0.3, 0.4) is 0 Å². The molecule has 0 bridgehead atoms. The highest BCUT2D eigenvalue weighted by Crippen LogP contribution is 2.30. The Morgan fingerprint density at radius 1 is 1.41 bits per heavy atom. The van der Waals surface area contributed by atoms with Crippen LogP contribution in [-0.2, 0) is 11.8 Å². The number of nitrogens with one attached hydrogen (secondary N) is 1. The van der Waals surface area contributed by atoms with Crippen LogP contribution in [0.1, 0.15) is 38.1 Å². The second-order valence-corrected chi connectivity index (χ2v) is 6.57. The molecule has 1 unspecified atom stereocenters. The first-order valence-electron chi connectivity index (χ1n) is 7.51. The Morgan fingerprint density at radius 3 is 2.68 bits per heavy atom. The number of hydrogen-bond donors (Lipinski definition) is 1. The Kier molecular flexibility index (Phi) is 4.65. The van der Waals surface area contributed by atoms with Crippen molar-refractivity contribution in [3.63, 3.8) is 0 Å². The van der Waals surface area contributed by atoms with Crippen LogP contribution in [0.4, 0.5) is 4.79 Å². The molecule has 1 N–H and O–H groups in total. The van der Waals surface area contributed by atoms with Gasteiger partial charge in [0.2, 0.25) is 5.88 Å². The van der Waals surface area contributed by atoms with E-state index in [2.05, 4.69) is 10.4 Å². The van der Waals surface area contributed by atoms with Crippen LogP contribution in [-0.4, -0.2) is 53.1 Å². The van der Waals surface area contributed by atoms with Gasteiger partial charge in [0.1, 0.15) is 5.60 Å². The fourth-order valence-corrected chi connectivity index (χ4v) is 2.73. The quantitative estimate of drug-likeness (QED) is 0.899. The lowest BCUT2D eigenvalue weighted by Crippen LogP contribution is -2.49. The number of ether oxygens (including phenoxy) is 2. The van der Waals surface area contributed by atoms with Gasteiger partial charge in [-0.2, -0.15) is 5.10 Å². The van der Waals surface area contributed by atoms with E-state index in [0.717, 1.165) is 17.1 Å². The zero-order valence-corrected chi connectivity index (χ0v) is 14.3. The lowest BCUT2D eigenvalue weighted by Gasteiger charge is -2.35. The summed E-state index contributed by atoms with van der Waals surface area (Å²) in [5, 5.41) is 7.83. The van der Waals surface area contributed by atoms with Crippen LogP contribution in [0, 0.1) is 6.92 Å². The molecule has 1 atom stereocenters. The molecule has 1 aromatic rings. The number of carbonyl (C=O) groups excluding carboxylic acids is 1. The van der Waals surface area contributed by atoms with E-state index in [0.29, 0.717) is 19.6 Å². The number of amides is 1. The molecule has 2 rings (SSSR count). The lowest BCUT2D eigenvalue weighted by atomic mass is 10.1. The van der Waals surface area contributed by atoms with Crippen LogP contribution < -0.4 is 10.1 Å². The van der Waals surface area contributed by atoms with Gasteiger partial charge in [0.15, 0.2) is 0 Å². The highest BCUT2D eigenvalue weighted by Gasteiger charge is 2.31. The first-order chi connectivity index (χ1) is 10.2. The summed E-state index contributed by atoms with van der Waals surface area (Å²) in [5.41, 5.74) is 1.42. The minimum absolute atomic E-state index is 0.00933. The Hall–Kier alpha value is -1.76. The van der Waals surface area contributed by atoms with Gasteiger partial charge in [0, 0.05) is 26.7 Å². The number of hydrogen-bond acceptors (Lipinski definition) is 5. The summed E-state index contributed by atoms with van der Waals surface area (Å²) in [6.07, 6.45) is -0.278. The fraction of sp³-hybridized carbons (Fsp3) is 0.733. The van der Waals surface area contributed by atoms with Crippen molar-refractivity contribution < 1.29 is 14.3 Å². The minimum Gasteiger partial charge on any atom is -0.481 e. The van der Waals surface area contributed by atoms with Gasteiger partial charge in [0.05, 0.1) is 24.4 Å². The molecule has 22 heavy (non-hydrogen) atoms. The molecule has 1 saturated heterocycles. The third-order valence-corrected chi connectivity index (χ3v) is 3.58. The molecule has 1 aromatic heterocycles. The number of carbonyl (C=O) groups is 1. The Balaban J connectivity index is 2.16. The second-order valence-electron chi connectivity index (χ2n) is 6.57. The lowest BCUT2D eigenvalue weighted by molar-refractivity contribution is 0.0194. The fourth-order valence-electron chi connectivity index (χ4n) is 2.73. The summed E-state index contributed by atoms with van der Waals surface area (Å²) in [6.45, 7) is 9.45. The molecule has 1 aliphatic rings. The maximum Gasteiger partial charge on any atom is 0.410 e. The van der Waals surface area contributed by atoms with Gasteiger partial charge in [-0.3, -0.25) is 0 Å². The number of piperazine rings is 1. The first-order valence-corrected chi connectivity index (χ1v) is 7.51. The van der Waals surface area contributed by atoms with Gasteiger partial charge in [0.25, 0.3) is 0 Å². The van der Waals surface area contributed by atoms with Crippen LogP contribution in [0.2, 0.25) is 0 Å². The van der Waals surface area contributed by atoms with Crippen molar-refractivity contribution >= 4 is 6.09 Å². The largest absolute Gasteiger partial charge is 0.481 e. The molecule has 7 nitrogen and oxygen atoms in total. The highest BCUT2D eigenvalue weighted by molar-refractivity contribution is 5.68. The first kappa shape index (κ1) is 16.6. The van der Waals surface area contributed by atoms with Crippen LogP contribution in [0.25, 0.3) is 0 Å². The summed E-state index contributed by atoms with van der Waals surface area (Å²) < 4.78 is 12.6. The van der Waals surface area contributed by atoms with E-state index < -0.39 is 5.60 Å². The maximum atomic E-state index is 12.3. The summed E-state index contributed by atoms with van der Waals surface area (Å²) in [4.78, 5) is 14.0. The number of nitrogens with zero attached hydrogens (tertiary/aromatic N) is 3. The number of rotatable bonds is 2. The molecular formula is C15H26N4O3. The summed E-state index contributed by atoms with van der Waals surface area (Å²) in [5.74, 6) is 0.723. The molecule has 0 aromatic carbocycles. The van der Waals surface area contributed by atoms with Gasteiger partial charge in [-0.05, 0) is 27.7 Å². The third kappa shape index (κ3) is 3.52. The van der Waals surface area contributed by atoms with Gasteiger partial charge in [-0.1, -0.05) is 0 Å². The van der Waals surface area contributed by atoms with E-state index in [1.807, 2.05) is 34.7 Å². The van der Waals surface area contributed by atoms with Crippen molar-refractivity contribution in [2.45, 2.75) is 39.3 Å². The van der Waals surface area contributed by atoms with Crippen LogP contribution in [0.5, 0.6) is 5.88 Å². The Morgan fingerprint density at radius 2 is 2.09 bits per heavy atom. The average Bonchev–Trinajstić information content (AvgIpc) is 2.71. The van der Waals surface area contributed by atoms with Crippen molar-refractivity contribution in [1.82, 2.24) is 20.0 Å². The van der Waals surface area contributed by atoms with Gasteiger partial charge >= 0.3 is 6.09 Å². The molecular weight excluding hydrogens is 284 g/mol. The van der Waals surface area contributed by atoms with Gasteiger partial charge < -0.3 is 19.7 Å². The normalized spacial score (nSPS) is 19.2. The predicted molar refractivity (Wildman–Crippen MR) is 83.0 cm³/mol. The van der Waals surface area contributed by atoms with Crippen molar-refractivity contribution in [1.29, 1.82) is 0 Å². The predicted octanol–water partition coefficient (Wildman–Crippen LogP) is 1.62. The van der Waals surface area contributed by atoms with Crippen LogP contribution >= 0.6 is 0 Å². The van der Waals surface area contributed by atoms with E-state index in [1.165, 1.54) is 0 Å².